The van der Waals surface area contributed by atoms with E-state index in [1.165, 1.54) is 5.01 Å². The number of benzene rings is 1. The van der Waals surface area contributed by atoms with Gasteiger partial charge in [-0.15, -0.1) is 6.58 Å². The molecule has 0 saturated heterocycles. The van der Waals surface area contributed by atoms with Crippen molar-refractivity contribution in [3.8, 4) is 0 Å². The molecule has 1 aromatic rings. The highest BCUT2D eigenvalue weighted by Crippen LogP contribution is 2.14. The van der Waals surface area contributed by atoms with Crippen molar-refractivity contribution in [1.29, 1.82) is 0 Å². The topological polar surface area (TPSA) is 70.7 Å². The predicted octanol–water partition coefficient (Wildman–Crippen LogP) is 2.23. The van der Waals surface area contributed by atoms with E-state index in [0.717, 1.165) is 5.56 Å². The van der Waals surface area contributed by atoms with Gasteiger partial charge < -0.3 is 10.1 Å². The van der Waals surface area contributed by atoms with E-state index in [4.69, 9.17) is 4.74 Å². The molecule has 23 heavy (non-hydrogen) atoms. The lowest BCUT2D eigenvalue weighted by atomic mass is 10.1. The third-order valence-electron chi connectivity index (χ3n) is 3.29. The average molecular weight is 319 g/mol. The standard InChI is InChI=1S/C17H25N3O3/c1-5-12-20(17(3,4)15(21)23-6-2)19-16(22)18-13-14-10-8-7-9-11-14/h5,7-11H,1,6,12-13H2,2-4H3,(H2,18,19,22). The minimum absolute atomic E-state index is 0.282. The van der Waals surface area contributed by atoms with Gasteiger partial charge in [-0.05, 0) is 26.3 Å². The molecular formula is C17H25N3O3. The summed E-state index contributed by atoms with van der Waals surface area (Å²) >= 11 is 0. The Morgan fingerprint density at radius 3 is 2.52 bits per heavy atom. The van der Waals surface area contributed by atoms with Crippen LogP contribution >= 0.6 is 0 Å². The monoisotopic (exact) mass is 319 g/mol. The van der Waals surface area contributed by atoms with Crippen LogP contribution in [0.1, 0.15) is 26.3 Å². The SMILES string of the molecule is C=CCN(NC(=O)NCc1ccccc1)C(C)(C)C(=O)OCC. The van der Waals surface area contributed by atoms with Gasteiger partial charge in [0.15, 0.2) is 0 Å². The van der Waals surface area contributed by atoms with Gasteiger partial charge in [0.25, 0.3) is 0 Å². The number of urea groups is 1. The van der Waals surface area contributed by atoms with Gasteiger partial charge in [-0.3, -0.25) is 5.43 Å². The Balaban J connectivity index is 2.65. The van der Waals surface area contributed by atoms with Crippen LogP contribution < -0.4 is 10.7 Å². The number of carbonyl (C=O) groups excluding carboxylic acids is 2. The van der Waals surface area contributed by atoms with E-state index in [9.17, 15) is 9.59 Å². The van der Waals surface area contributed by atoms with Gasteiger partial charge in [-0.2, -0.15) is 5.01 Å². The molecular weight excluding hydrogens is 294 g/mol. The van der Waals surface area contributed by atoms with Gasteiger partial charge in [-0.1, -0.05) is 36.4 Å². The molecule has 6 heteroatoms. The van der Waals surface area contributed by atoms with Crippen LogP contribution in [-0.4, -0.2) is 35.7 Å². The quantitative estimate of drug-likeness (QED) is 0.438. The second-order valence-corrected chi connectivity index (χ2v) is 5.46. The van der Waals surface area contributed by atoms with E-state index < -0.39 is 17.5 Å². The summed E-state index contributed by atoms with van der Waals surface area (Å²) in [4.78, 5) is 24.2. The van der Waals surface area contributed by atoms with Crippen molar-refractivity contribution >= 4 is 12.0 Å². The van der Waals surface area contributed by atoms with E-state index >= 15 is 0 Å². The number of nitrogens with zero attached hydrogens (tertiary/aromatic N) is 1. The number of esters is 1. The van der Waals surface area contributed by atoms with Crippen LogP contribution in [0.4, 0.5) is 4.79 Å². The zero-order chi connectivity index (χ0) is 17.3. The maximum absolute atomic E-state index is 12.1. The third kappa shape index (κ3) is 5.75. The smallest absolute Gasteiger partial charge is 0.329 e. The molecule has 0 heterocycles. The molecule has 0 unspecified atom stereocenters. The first-order valence-electron chi connectivity index (χ1n) is 7.56. The van der Waals surface area contributed by atoms with Crippen LogP contribution in [0.2, 0.25) is 0 Å². The van der Waals surface area contributed by atoms with Crippen LogP contribution in [0, 0.1) is 0 Å². The number of amides is 2. The van der Waals surface area contributed by atoms with Crippen molar-refractivity contribution in [3.63, 3.8) is 0 Å². The fourth-order valence-corrected chi connectivity index (χ4v) is 1.90. The molecule has 0 radical (unpaired) electrons. The largest absolute Gasteiger partial charge is 0.465 e. The second-order valence-electron chi connectivity index (χ2n) is 5.46. The summed E-state index contributed by atoms with van der Waals surface area (Å²) in [6.45, 7) is 9.76. The number of hydrazine groups is 1. The van der Waals surface area contributed by atoms with Crippen molar-refractivity contribution in [3.05, 3.63) is 48.6 Å². The number of rotatable bonds is 8. The van der Waals surface area contributed by atoms with Crippen LogP contribution in [0.5, 0.6) is 0 Å². The van der Waals surface area contributed by atoms with Crippen molar-refractivity contribution in [2.75, 3.05) is 13.2 Å². The lowest BCUT2D eigenvalue weighted by Gasteiger charge is -2.35. The van der Waals surface area contributed by atoms with Gasteiger partial charge in [0, 0.05) is 13.1 Å². The molecule has 0 fully saturated rings. The molecule has 0 aliphatic carbocycles. The Morgan fingerprint density at radius 1 is 1.30 bits per heavy atom. The van der Waals surface area contributed by atoms with E-state index in [0.29, 0.717) is 13.1 Å². The van der Waals surface area contributed by atoms with Crippen molar-refractivity contribution in [2.24, 2.45) is 0 Å². The molecule has 0 aliphatic rings. The minimum Gasteiger partial charge on any atom is -0.465 e. The van der Waals surface area contributed by atoms with Gasteiger partial charge in [0.2, 0.25) is 0 Å². The van der Waals surface area contributed by atoms with Crippen LogP contribution in [0.3, 0.4) is 0 Å². The Labute approximate surface area is 137 Å². The number of ether oxygens (including phenoxy) is 1. The molecule has 1 aromatic carbocycles. The first-order valence-corrected chi connectivity index (χ1v) is 7.56. The van der Waals surface area contributed by atoms with E-state index in [1.54, 1.807) is 26.8 Å². The molecule has 0 atom stereocenters. The Kier molecular flexibility index (Phi) is 7.28. The van der Waals surface area contributed by atoms with Gasteiger partial charge in [0.05, 0.1) is 6.61 Å². The Bertz CT molecular complexity index is 529. The number of nitrogens with one attached hydrogen (secondary N) is 2. The fourth-order valence-electron chi connectivity index (χ4n) is 1.90. The summed E-state index contributed by atoms with van der Waals surface area (Å²) in [5.74, 6) is -0.412. The summed E-state index contributed by atoms with van der Waals surface area (Å²) in [5.41, 5.74) is 2.66. The van der Waals surface area contributed by atoms with E-state index in [2.05, 4.69) is 17.3 Å². The maximum atomic E-state index is 12.1. The fraction of sp³-hybridized carbons (Fsp3) is 0.412. The second kappa shape index (κ2) is 8.95. The minimum atomic E-state index is -1.01. The summed E-state index contributed by atoms with van der Waals surface area (Å²) in [5, 5.41) is 4.25. The van der Waals surface area contributed by atoms with Crippen LogP contribution in [-0.2, 0) is 16.1 Å². The summed E-state index contributed by atoms with van der Waals surface area (Å²) in [6.07, 6.45) is 1.61. The first kappa shape index (κ1) is 18.7. The highest BCUT2D eigenvalue weighted by Gasteiger charge is 2.36. The summed E-state index contributed by atoms with van der Waals surface area (Å²) in [7, 11) is 0. The molecule has 1 rings (SSSR count). The van der Waals surface area contributed by atoms with Gasteiger partial charge in [0.1, 0.15) is 5.54 Å². The maximum Gasteiger partial charge on any atom is 0.329 e. The molecule has 2 amide bonds. The molecule has 126 valence electrons. The molecule has 0 aromatic heterocycles. The molecule has 0 aliphatic heterocycles. The van der Waals surface area contributed by atoms with Crippen molar-refractivity contribution in [1.82, 2.24) is 15.8 Å². The highest BCUT2D eigenvalue weighted by molar-refractivity contribution is 5.81. The van der Waals surface area contributed by atoms with E-state index in [-0.39, 0.29) is 6.61 Å². The van der Waals surface area contributed by atoms with Gasteiger partial charge >= 0.3 is 12.0 Å². The first-order chi connectivity index (χ1) is 10.9. The Morgan fingerprint density at radius 2 is 1.96 bits per heavy atom. The number of hydrogen-bond acceptors (Lipinski definition) is 4. The normalized spacial score (nSPS) is 11.0. The van der Waals surface area contributed by atoms with Crippen LogP contribution in [0.25, 0.3) is 0 Å². The number of hydrogen-bond donors (Lipinski definition) is 2. The third-order valence-corrected chi connectivity index (χ3v) is 3.29. The van der Waals surface area contributed by atoms with Gasteiger partial charge in [-0.25, -0.2) is 9.59 Å². The van der Waals surface area contributed by atoms with Crippen LogP contribution in [0.15, 0.2) is 43.0 Å². The summed E-state index contributed by atoms with van der Waals surface area (Å²) < 4.78 is 5.06. The van der Waals surface area contributed by atoms with Crippen molar-refractivity contribution < 1.29 is 14.3 Å². The number of carbonyl (C=O) groups is 2. The average Bonchev–Trinajstić information content (AvgIpc) is 2.53. The molecule has 0 spiro atoms. The molecule has 0 saturated carbocycles. The Hall–Kier alpha value is -2.34. The molecule has 0 bridgehead atoms. The van der Waals surface area contributed by atoms with E-state index in [1.807, 2.05) is 30.3 Å². The lowest BCUT2D eigenvalue weighted by Crippen LogP contribution is -2.60. The summed E-state index contributed by atoms with van der Waals surface area (Å²) in [6, 6.07) is 9.17. The zero-order valence-electron chi connectivity index (χ0n) is 14.0. The lowest BCUT2D eigenvalue weighted by molar-refractivity contribution is -0.156. The predicted molar refractivity (Wildman–Crippen MR) is 89.4 cm³/mol. The molecule has 2 N–H and O–H groups in total. The molecule has 6 nitrogen and oxygen atoms in total. The zero-order valence-corrected chi connectivity index (χ0v) is 14.0. The van der Waals surface area contributed by atoms with Crippen molar-refractivity contribution in [2.45, 2.75) is 32.9 Å². The highest BCUT2D eigenvalue weighted by atomic mass is 16.5.